The Morgan fingerprint density at radius 1 is 1.09 bits per heavy atom. The summed E-state index contributed by atoms with van der Waals surface area (Å²) < 4.78 is 20.5. The van der Waals surface area contributed by atoms with Crippen LogP contribution in [-0.2, 0) is 19.6 Å². The summed E-state index contributed by atoms with van der Waals surface area (Å²) in [6.07, 6.45) is 1.90. The van der Waals surface area contributed by atoms with Gasteiger partial charge in [-0.15, -0.1) is 9.24 Å². The third kappa shape index (κ3) is 5.24. The number of rotatable bonds is 5. The number of carbonyl (C=O) groups is 1. The number of piperidine rings is 1. The topological polar surface area (TPSA) is 36.0 Å². The second-order valence-electron chi connectivity index (χ2n) is 9.25. The maximum Gasteiger partial charge on any atom is 0.321 e. The first kappa shape index (κ1) is 23.0. The van der Waals surface area contributed by atoms with Gasteiger partial charge in [-0.05, 0) is 75.4 Å². The lowest BCUT2D eigenvalue weighted by Crippen LogP contribution is -2.49. The monoisotopic (exact) mass is 457 g/mol. The second-order valence-corrected chi connectivity index (χ2v) is 9.92. The first-order valence-electron chi connectivity index (χ1n) is 11.4. The molecule has 5 nitrogen and oxygen atoms in total. The highest BCUT2D eigenvalue weighted by Crippen LogP contribution is 2.28. The Labute approximate surface area is 192 Å². The molecule has 1 atom stereocenters. The summed E-state index contributed by atoms with van der Waals surface area (Å²) in [5, 5.41) is 1.11. The molecular formula is C25H33FN3O2P. The van der Waals surface area contributed by atoms with Crippen LogP contribution in [0.3, 0.4) is 0 Å². The number of ether oxygens (including phenoxy) is 1. The molecule has 2 amide bonds. The van der Waals surface area contributed by atoms with Crippen molar-refractivity contribution in [2.75, 3.05) is 20.1 Å². The summed E-state index contributed by atoms with van der Waals surface area (Å²) in [7, 11) is 4.87. The van der Waals surface area contributed by atoms with Crippen molar-refractivity contribution in [1.29, 1.82) is 0 Å². The standard InChI is InChI=1S/C25H33FN3O2P/c1-17(2)31-22-6-4-19(24(26)13-22)15-28-14-18-5-7-23(32)12-20(18)16-29(25(28)30)21-8-10-27(3)11-9-21/h4-7,12-13,17,21H,8-11,14-16,32H2,1-3H3. The molecule has 2 aliphatic heterocycles. The van der Waals surface area contributed by atoms with Crippen LogP contribution in [0.4, 0.5) is 9.18 Å². The van der Waals surface area contributed by atoms with Crippen molar-refractivity contribution >= 4 is 20.6 Å². The number of urea groups is 1. The van der Waals surface area contributed by atoms with Crippen molar-refractivity contribution in [3.63, 3.8) is 0 Å². The van der Waals surface area contributed by atoms with Crippen molar-refractivity contribution < 1.29 is 13.9 Å². The van der Waals surface area contributed by atoms with Gasteiger partial charge in [0.15, 0.2) is 0 Å². The van der Waals surface area contributed by atoms with E-state index in [4.69, 9.17) is 4.74 Å². The summed E-state index contributed by atoms with van der Waals surface area (Å²) in [5.74, 6) is 0.168. The maximum atomic E-state index is 14.9. The minimum absolute atomic E-state index is 0.0111. The molecule has 0 radical (unpaired) electrons. The molecule has 0 N–H and O–H groups in total. The van der Waals surface area contributed by atoms with Crippen molar-refractivity contribution in [2.45, 2.75) is 58.5 Å². The van der Waals surface area contributed by atoms with Gasteiger partial charge in [-0.1, -0.05) is 18.2 Å². The lowest BCUT2D eigenvalue weighted by molar-refractivity contribution is 0.101. The smallest absolute Gasteiger partial charge is 0.321 e. The van der Waals surface area contributed by atoms with E-state index in [0.29, 0.717) is 24.4 Å². The molecule has 2 aliphatic rings. The highest BCUT2D eigenvalue weighted by Gasteiger charge is 2.33. The Morgan fingerprint density at radius 3 is 2.53 bits per heavy atom. The zero-order chi connectivity index (χ0) is 22.8. The van der Waals surface area contributed by atoms with Crippen LogP contribution < -0.4 is 10.0 Å². The summed E-state index contributed by atoms with van der Waals surface area (Å²) in [4.78, 5) is 19.8. The molecule has 0 spiro atoms. The Hall–Kier alpha value is -2.17. The van der Waals surface area contributed by atoms with E-state index in [1.165, 1.54) is 11.6 Å². The van der Waals surface area contributed by atoms with E-state index in [-0.39, 0.29) is 30.5 Å². The van der Waals surface area contributed by atoms with Crippen molar-refractivity contribution in [3.8, 4) is 5.75 Å². The van der Waals surface area contributed by atoms with Crippen LogP contribution in [0, 0.1) is 5.82 Å². The highest BCUT2D eigenvalue weighted by atomic mass is 31.0. The van der Waals surface area contributed by atoms with Crippen LogP contribution in [-0.4, -0.2) is 53.0 Å². The average Bonchev–Trinajstić information content (AvgIpc) is 2.87. The van der Waals surface area contributed by atoms with Gasteiger partial charge in [0.2, 0.25) is 0 Å². The fraction of sp³-hybridized carbons (Fsp3) is 0.480. The molecule has 2 heterocycles. The molecule has 0 aliphatic carbocycles. The van der Waals surface area contributed by atoms with Crippen molar-refractivity contribution in [3.05, 3.63) is 58.9 Å². The fourth-order valence-corrected chi connectivity index (χ4v) is 4.87. The second kappa shape index (κ2) is 9.76. The minimum atomic E-state index is -0.341. The Morgan fingerprint density at radius 2 is 1.84 bits per heavy atom. The van der Waals surface area contributed by atoms with Gasteiger partial charge in [-0.3, -0.25) is 0 Å². The molecule has 0 saturated carbocycles. The van der Waals surface area contributed by atoms with Crippen molar-refractivity contribution in [1.82, 2.24) is 14.7 Å². The van der Waals surface area contributed by atoms with Crippen LogP contribution in [0.5, 0.6) is 5.75 Å². The third-order valence-corrected chi connectivity index (χ3v) is 6.69. The van der Waals surface area contributed by atoms with E-state index in [2.05, 4.69) is 39.4 Å². The van der Waals surface area contributed by atoms with Gasteiger partial charge in [0, 0.05) is 30.8 Å². The number of amides is 2. The quantitative estimate of drug-likeness (QED) is 0.633. The molecule has 172 valence electrons. The maximum absolute atomic E-state index is 14.9. The lowest BCUT2D eigenvalue weighted by Gasteiger charge is -2.38. The first-order valence-corrected chi connectivity index (χ1v) is 11.9. The first-order chi connectivity index (χ1) is 15.3. The number of hydrogen-bond donors (Lipinski definition) is 0. The molecular weight excluding hydrogens is 424 g/mol. The molecule has 32 heavy (non-hydrogen) atoms. The van der Waals surface area contributed by atoms with Gasteiger partial charge in [0.05, 0.1) is 12.6 Å². The van der Waals surface area contributed by atoms with Crippen LogP contribution in [0.2, 0.25) is 0 Å². The SMILES string of the molecule is CC(C)Oc1ccc(CN2Cc3ccc(P)cc3CN(C3CCN(C)CC3)C2=O)c(F)c1. The summed E-state index contributed by atoms with van der Waals surface area (Å²) in [6, 6.07) is 11.4. The van der Waals surface area contributed by atoms with Gasteiger partial charge < -0.3 is 19.4 Å². The Balaban J connectivity index is 1.61. The number of benzene rings is 2. The molecule has 1 fully saturated rings. The van der Waals surface area contributed by atoms with Gasteiger partial charge in [0.25, 0.3) is 0 Å². The van der Waals surface area contributed by atoms with Gasteiger partial charge in [0.1, 0.15) is 11.6 Å². The summed E-state index contributed by atoms with van der Waals surface area (Å²) in [6.45, 7) is 7.11. The number of nitrogens with zero attached hydrogens (tertiary/aromatic N) is 3. The van der Waals surface area contributed by atoms with E-state index in [0.717, 1.165) is 36.8 Å². The largest absolute Gasteiger partial charge is 0.491 e. The van der Waals surface area contributed by atoms with E-state index in [1.807, 2.05) is 18.7 Å². The van der Waals surface area contributed by atoms with Gasteiger partial charge in [-0.2, -0.15) is 0 Å². The highest BCUT2D eigenvalue weighted by molar-refractivity contribution is 7.27. The molecule has 0 bridgehead atoms. The van der Waals surface area contributed by atoms with Gasteiger partial charge in [-0.25, -0.2) is 9.18 Å². The number of likely N-dealkylation sites (tertiary alicyclic amines) is 1. The average molecular weight is 458 g/mol. The molecule has 1 saturated heterocycles. The number of carbonyl (C=O) groups excluding carboxylic acids is 1. The fourth-order valence-electron chi connectivity index (χ4n) is 4.58. The summed E-state index contributed by atoms with van der Waals surface area (Å²) >= 11 is 0. The normalized spacial score (nSPS) is 18.1. The number of halogens is 1. The van der Waals surface area contributed by atoms with E-state index in [1.54, 1.807) is 17.0 Å². The van der Waals surface area contributed by atoms with Crippen molar-refractivity contribution in [2.24, 2.45) is 0 Å². The minimum Gasteiger partial charge on any atom is -0.491 e. The zero-order valence-electron chi connectivity index (χ0n) is 19.2. The molecule has 2 aromatic rings. The predicted molar refractivity (Wildman–Crippen MR) is 129 cm³/mol. The predicted octanol–water partition coefficient (Wildman–Crippen LogP) is 4.15. The molecule has 2 aromatic carbocycles. The molecule has 0 aromatic heterocycles. The van der Waals surface area contributed by atoms with Crippen LogP contribution in [0.15, 0.2) is 36.4 Å². The Bertz CT molecular complexity index is 976. The zero-order valence-corrected chi connectivity index (χ0v) is 20.3. The summed E-state index contributed by atoms with van der Waals surface area (Å²) in [5.41, 5.74) is 2.80. The molecule has 1 unspecified atom stereocenters. The number of hydrogen-bond acceptors (Lipinski definition) is 3. The van der Waals surface area contributed by atoms with E-state index >= 15 is 0 Å². The van der Waals surface area contributed by atoms with Crippen LogP contribution in [0.1, 0.15) is 43.4 Å². The third-order valence-electron chi connectivity index (χ3n) is 6.33. The molecule has 7 heteroatoms. The van der Waals surface area contributed by atoms with Crippen LogP contribution >= 0.6 is 9.24 Å². The van der Waals surface area contributed by atoms with E-state index < -0.39 is 0 Å². The van der Waals surface area contributed by atoms with Crippen LogP contribution in [0.25, 0.3) is 0 Å². The molecule has 4 rings (SSSR count). The number of fused-ring (bicyclic) bond motifs is 1. The Kier molecular flexibility index (Phi) is 7.02. The lowest BCUT2D eigenvalue weighted by atomic mass is 10.0. The van der Waals surface area contributed by atoms with E-state index in [9.17, 15) is 9.18 Å². The van der Waals surface area contributed by atoms with Gasteiger partial charge >= 0.3 is 6.03 Å².